The Kier molecular flexibility index (Phi) is 18.6. The van der Waals surface area contributed by atoms with Crippen molar-refractivity contribution in [2.45, 2.75) is 56.7 Å². The molecule has 1 aromatic heterocycles. The summed E-state index contributed by atoms with van der Waals surface area (Å²) >= 11 is 0. The van der Waals surface area contributed by atoms with Crippen molar-refractivity contribution in [2.75, 3.05) is 58.4 Å². The number of carbonyl (C=O) groups is 2. The van der Waals surface area contributed by atoms with E-state index in [1.54, 1.807) is 24.3 Å². The molecular weight excluding hydrogens is 863 g/mol. The molecule has 2 aliphatic rings. The van der Waals surface area contributed by atoms with Crippen LogP contribution >= 0.6 is 23.5 Å². The van der Waals surface area contributed by atoms with Crippen LogP contribution in [0.15, 0.2) is 40.4 Å². The van der Waals surface area contributed by atoms with Gasteiger partial charge in [0, 0.05) is 35.8 Å². The monoisotopic (exact) mass is 907 g/mol. The molecule has 9 N–H and O–H groups in total. The second-order valence-electron chi connectivity index (χ2n) is 12.7. The molecule has 1 saturated heterocycles. The van der Waals surface area contributed by atoms with E-state index in [0.29, 0.717) is 30.4 Å². The van der Waals surface area contributed by atoms with Crippen LogP contribution in [0.3, 0.4) is 0 Å². The van der Waals surface area contributed by atoms with Crippen LogP contribution in [-0.2, 0) is 45.8 Å². The van der Waals surface area contributed by atoms with Crippen LogP contribution in [0.4, 0.5) is 5.82 Å². The quantitative estimate of drug-likeness (QED) is 0.0181. The molecule has 2 fully saturated rings. The summed E-state index contributed by atoms with van der Waals surface area (Å²) in [7, 11) is -16.6. The third-order valence-electron chi connectivity index (χ3n) is 8.20. The second-order valence-corrected chi connectivity index (χ2v) is 17.2. The number of phosphoric acid groups is 3. The summed E-state index contributed by atoms with van der Waals surface area (Å²) in [5.41, 5.74) is 14.4. The first kappa shape index (κ1) is 48.4. The maximum absolute atomic E-state index is 12.5. The van der Waals surface area contributed by atoms with Gasteiger partial charge in [0.05, 0.1) is 38.0 Å². The van der Waals surface area contributed by atoms with Gasteiger partial charge in [0.25, 0.3) is 5.91 Å². The molecule has 4 rings (SSSR count). The third-order valence-corrected chi connectivity index (χ3v) is 12.0. The highest BCUT2D eigenvalue weighted by atomic mass is 31.3. The molecule has 1 aromatic carbocycles. The average Bonchev–Trinajstić information content (AvgIpc) is 3.62. The van der Waals surface area contributed by atoms with Gasteiger partial charge in [-0.25, -0.2) is 18.5 Å². The van der Waals surface area contributed by atoms with Gasteiger partial charge < -0.3 is 60.2 Å². The molecule has 0 radical (unpaired) electrons. The molecule has 3 unspecified atom stereocenters. The Balaban J connectivity index is 1.14. The molecule has 60 heavy (non-hydrogen) atoms. The first-order valence-corrected chi connectivity index (χ1v) is 22.5. The number of benzene rings is 1. The fourth-order valence-electron chi connectivity index (χ4n) is 5.25. The molecule has 330 valence electrons. The Labute approximate surface area is 341 Å². The van der Waals surface area contributed by atoms with Crippen LogP contribution in [-0.4, -0.2) is 112 Å². The van der Waals surface area contributed by atoms with Crippen molar-refractivity contribution < 1.29 is 75.0 Å². The number of nitrogen functional groups attached to an aromatic ring is 1. The predicted octanol–water partition coefficient (Wildman–Crippen LogP) is 0.935. The Morgan fingerprint density at radius 1 is 1.08 bits per heavy atom. The molecule has 2 heterocycles. The standard InChI is InChI=1S/C31H44N9O17P3/c32-29-22(17-40(31(43)37-29)28-10-9-25(55-28)18-54-59(47,48)57-60(49,50)56-58(44,45)46)5-3-11-35-26(41)19-51-14-15-52-27(38-39-33)20-53-24-8-1-4-21(16-24)30(42)36-13-12-34-23-6-2-7-23/h1,4,8,16-17,23,25,27-28,34H,2,6-7,9-15,18-20H2,(H,35,41)(H,36,42)(H,47,48)(H,49,50)(H2,32,37,43)(H2,44,45,46)/t25-,27?,28+/m0/s1. The minimum absolute atomic E-state index is 0.0477. The lowest BCUT2D eigenvalue weighted by Gasteiger charge is -2.26. The number of rotatable bonds is 24. The summed E-state index contributed by atoms with van der Waals surface area (Å²) in [6.07, 6.45) is 2.14. The highest BCUT2D eigenvalue weighted by Gasteiger charge is 2.41. The van der Waals surface area contributed by atoms with Crippen LogP contribution in [0.2, 0.25) is 0 Å². The van der Waals surface area contributed by atoms with Crippen molar-refractivity contribution in [1.82, 2.24) is 25.5 Å². The highest BCUT2D eigenvalue weighted by Crippen LogP contribution is 2.66. The molecule has 1 saturated carbocycles. The number of carbonyl (C=O) groups excluding carboxylic acids is 2. The summed E-state index contributed by atoms with van der Waals surface area (Å²) in [4.78, 5) is 79.9. The molecule has 1 aliphatic heterocycles. The SMILES string of the molecule is [N-]=[N+]=NC(COc1cccc(C(=O)NCCNC2CCC2)c1)OCCOCC(=O)NCC#Cc1cn([C@H]2CC[C@@H](COP(=O)(O)OP(=O)(O)OP(=O)(O)O)O2)c(=O)nc1N. The van der Waals surface area contributed by atoms with E-state index in [1.807, 2.05) is 0 Å². The maximum atomic E-state index is 12.5. The van der Waals surface area contributed by atoms with Gasteiger partial charge in [-0.1, -0.05) is 29.4 Å². The minimum Gasteiger partial charge on any atom is -0.491 e. The van der Waals surface area contributed by atoms with Gasteiger partial charge in [-0.2, -0.15) is 13.6 Å². The number of phosphoric ester groups is 1. The molecule has 29 heteroatoms. The summed E-state index contributed by atoms with van der Waals surface area (Å²) in [6.45, 7) is -0.332. The number of hydrogen-bond acceptors (Lipinski definition) is 17. The van der Waals surface area contributed by atoms with Crippen molar-refractivity contribution in [2.24, 2.45) is 5.11 Å². The smallest absolute Gasteiger partial charge is 0.490 e. The van der Waals surface area contributed by atoms with E-state index in [-0.39, 0.29) is 63.1 Å². The second kappa shape index (κ2) is 23.1. The lowest BCUT2D eigenvalue weighted by molar-refractivity contribution is -0.126. The minimum atomic E-state index is -5.70. The van der Waals surface area contributed by atoms with Gasteiger partial charge in [-0.15, -0.1) is 0 Å². The highest BCUT2D eigenvalue weighted by molar-refractivity contribution is 7.66. The van der Waals surface area contributed by atoms with E-state index in [9.17, 15) is 37.9 Å². The third kappa shape index (κ3) is 17.4. The van der Waals surface area contributed by atoms with Gasteiger partial charge in [0.1, 0.15) is 31.0 Å². The number of nitrogens with two attached hydrogens (primary N) is 1. The zero-order valence-electron chi connectivity index (χ0n) is 31.6. The average molecular weight is 908 g/mol. The van der Waals surface area contributed by atoms with Crippen LogP contribution in [0, 0.1) is 11.8 Å². The largest absolute Gasteiger partial charge is 0.491 e. The van der Waals surface area contributed by atoms with E-state index >= 15 is 0 Å². The van der Waals surface area contributed by atoms with Crippen LogP contribution in [0.5, 0.6) is 5.75 Å². The van der Waals surface area contributed by atoms with E-state index in [4.69, 9.17) is 40.0 Å². The van der Waals surface area contributed by atoms with E-state index < -0.39 is 60.2 Å². The molecule has 5 atom stereocenters. The van der Waals surface area contributed by atoms with Crippen molar-refractivity contribution in [1.29, 1.82) is 0 Å². The number of ether oxygens (including phenoxy) is 4. The van der Waals surface area contributed by atoms with Crippen molar-refractivity contribution in [3.63, 3.8) is 0 Å². The van der Waals surface area contributed by atoms with E-state index in [2.05, 4.69) is 55.9 Å². The summed E-state index contributed by atoms with van der Waals surface area (Å²) in [5.74, 6) is 4.69. The number of azide groups is 1. The van der Waals surface area contributed by atoms with E-state index in [0.717, 1.165) is 17.4 Å². The summed E-state index contributed by atoms with van der Waals surface area (Å²) < 4.78 is 69.3. The van der Waals surface area contributed by atoms with Gasteiger partial charge >= 0.3 is 29.2 Å². The van der Waals surface area contributed by atoms with Crippen molar-refractivity contribution in [3.8, 4) is 17.6 Å². The zero-order chi connectivity index (χ0) is 43.8. The Morgan fingerprint density at radius 3 is 2.58 bits per heavy atom. The fraction of sp³-hybridized carbons (Fsp3) is 0.548. The van der Waals surface area contributed by atoms with Gasteiger partial charge in [-0.05, 0) is 49.4 Å². The molecule has 2 aromatic rings. The summed E-state index contributed by atoms with van der Waals surface area (Å²) in [6, 6.07) is 7.03. The lowest BCUT2D eigenvalue weighted by Crippen LogP contribution is -2.40. The fourth-order valence-corrected chi connectivity index (χ4v) is 8.30. The van der Waals surface area contributed by atoms with Crippen molar-refractivity contribution >= 4 is 41.1 Å². The van der Waals surface area contributed by atoms with E-state index in [1.165, 1.54) is 12.6 Å². The first-order chi connectivity index (χ1) is 28.4. The number of anilines is 1. The van der Waals surface area contributed by atoms with Gasteiger partial charge in [0.2, 0.25) is 5.91 Å². The first-order valence-electron chi connectivity index (χ1n) is 18.0. The number of nitrogens with zero attached hydrogens (tertiary/aromatic N) is 5. The summed E-state index contributed by atoms with van der Waals surface area (Å²) in [5, 5.41) is 12.3. The molecule has 2 amide bonds. The number of hydrogen-bond donors (Lipinski definition) is 8. The van der Waals surface area contributed by atoms with Gasteiger partial charge in [0.15, 0.2) is 6.23 Å². The van der Waals surface area contributed by atoms with Gasteiger partial charge in [-0.3, -0.25) is 18.7 Å². The Hall–Kier alpha value is -4.24. The maximum Gasteiger partial charge on any atom is 0.490 e. The number of nitrogens with one attached hydrogen (secondary N) is 3. The molecule has 0 bridgehead atoms. The molecule has 26 nitrogen and oxygen atoms in total. The molecule has 1 aliphatic carbocycles. The van der Waals surface area contributed by atoms with Crippen LogP contribution < -0.4 is 32.1 Å². The molecular formula is C31H44N9O17P3. The molecule has 0 spiro atoms. The lowest BCUT2D eigenvalue weighted by atomic mass is 9.93. The van der Waals surface area contributed by atoms with Crippen LogP contribution in [0.25, 0.3) is 10.4 Å². The number of aromatic nitrogens is 2. The topological polar surface area (TPSA) is 377 Å². The zero-order valence-corrected chi connectivity index (χ0v) is 34.3. The Bertz CT molecular complexity index is 2120. The number of amides is 2. The normalized spacial score (nSPS) is 19.0. The Morgan fingerprint density at radius 2 is 1.87 bits per heavy atom. The van der Waals surface area contributed by atoms with Crippen molar-refractivity contribution in [3.05, 3.63) is 62.5 Å². The van der Waals surface area contributed by atoms with Crippen LogP contribution in [0.1, 0.15) is 54.3 Å². The predicted molar refractivity (Wildman–Crippen MR) is 205 cm³/mol.